The molecule has 2 nitrogen and oxygen atoms in total. The van der Waals surface area contributed by atoms with Gasteiger partial charge >= 0.3 is 0 Å². The topological polar surface area (TPSA) is 32.3 Å². The highest BCUT2D eigenvalue weighted by Crippen LogP contribution is 2.29. The van der Waals surface area contributed by atoms with Gasteiger partial charge in [0.25, 0.3) is 0 Å². The number of rotatable bonds is 5. The van der Waals surface area contributed by atoms with Crippen LogP contribution in [0.3, 0.4) is 0 Å². The molecule has 1 aromatic rings. The molecular formula is C15H23NO. The Bertz CT molecular complexity index is 338. The summed E-state index contributed by atoms with van der Waals surface area (Å²) in [4.78, 5) is 0. The van der Waals surface area contributed by atoms with Crippen molar-refractivity contribution in [1.82, 2.24) is 5.32 Å². The van der Waals surface area contributed by atoms with E-state index >= 15 is 0 Å². The van der Waals surface area contributed by atoms with E-state index in [9.17, 15) is 0 Å². The van der Waals surface area contributed by atoms with Crippen molar-refractivity contribution in [2.75, 3.05) is 13.2 Å². The molecule has 2 atom stereocenters. The Labute approximate surface area is 104 Å². The molecule has 2 unspecified atom stereocenters. The molecule has 0 amide bonds. The third kappa shape index (κ3) is 3.55. The summed E-state index contributed by atoms with van der Waals surface area (Å²) in [5.41, 5.74) is 1.65. The molecule has 1 aliphatic rings. The first kappa shape index (κ1) is 12.6. The van der Waals surface area contributed by atoms with Crippen LogP contribution in [0.25, 0.3) is 0 Å². The first-order valence-electron chi connectivity index (χ1n) is 6.62. The lowest BCUT2D eigenvalue weighted by molar-refractivity contribution is 0.271. The smallest absolute Gasteiger partial charge is 0.0431 e. The van der Waals surface area contributed by atoms with Crippen LogP contribution in [0.1, 0.15) is 31.7 Å². The summed E-state index contributed by atoms with van der Waals surface area (Å²) in [6.45, 7) is 3.74. The molecule has 0 saturated carbocycles. The van der Waals surface area contributed by atoms with Crippen LogP contribution in [0.5, 0.6) is 0 Å². The fraction of sp³-hybridized carbons (Fsp3) is 0.600. The number of nitrogens with one attached hydrogen (secondary N) is 1. The summed E-state index contributed by atoms with van der Waals surface area (Å²) in [6, 6.07) is 10.7. The van der Waals surface area contributed by atoms with Gasteiger partial charge in [-0.1, -0.05) is 30.3 Å². The van der Waals surface area contributed by atoms with E-state index in [1.54, 1.807) is 0 Å². The lowest BCUT2D eigenvalue weighted by Crippen LogP contribution is -2.38. The first-order valence-corrected chi connectivity index (χ1v) is 6.62. The Morgan fingerprint density at radius 3 is 2.82 bits per heavy atom. The molecular weight excluding hydrogens is 210 g/mol. The summed E-state index contributed by atoms with van der Waals surface area (Å²) in [6.07, 6.45) is 4.41. The maximum absolute atomic E-state index is 8.87. The van der Waals surface area contributed by atoms with Crippen LogP contribution in [0.2, 0.25) is 0 Å². The lowest BCUT2D eigenvalue weighted by atomic mass is 9.87. The normalized spacial score (nSPS) is 28.5. The Morgan fingerprint density at radius 2 is 2.12 bits per heavy atom. The molecule has 2 heteroatoms. The molecule has 2 rings (SSSR count). The van der Waals surface area contributed by atoms with Crippen LogP contribution in [0, 0.1) is 5.92 Å². The highest BCUT2D eigenvalue weighted by atomic mass is 16.2. The van der Waals surface area contributed by atoms with Gasteiger partial charge in [-0.3, -0.25) is 0 Å². The van der Waals surface area contributed by atoms with Crippen molar-refractivity contribution in [3.05, 3.63) is 35.9 Å². The molecule has 0 radical (unpaired) electrons. The van der Waals surface area contributed by atoms with E-state index in [4.69, 9.17) is 5.11 Å². The average molecular weight is 233 g/mol. The van der Waals surface area contributed by atoms with Gasteiger partial charge in [-0.05, 0) is 50.6 Å². The van der Waals surface area contributed by atoms with Crippen LogP contribution >= 0.6 is 0 Å². The van der Waals surface area contributed by atoms with E-state index < -0.39 is 0 Å². The van der Waals surface area contributed by atoms with Crippen molar-refractivity contribution >= 4 is 0 Å². The lowest BCUT2D eigenvalue weighted by Gasteiger charge is -2.24. The van der Waals surface area contributed by atoms with Crippen molar-refractivity contribution in [2.45, 2.75) is 38.1 Å². The minimum absolute atomic E-state index is 0.238. The molecule has 17 heavy (non-hydrogen) atoms. The molecule has 1 fully saturated rings. The van der Waals surface area contributed by atoms with Gasteiger partial charge in [-0.25, -0.2) is 0 Å². The average Bonchev–Trinajstić information content (AvgIpc) is 2.69. The highest BCUT2D eigenvalue weighted by Gasteiger charge is 2.33. The van der Waals surface area contributed by atoms with E-state index in [0.29, 0.717) is 6.61 Å². The monoisotopic (exact) mass is 233 g/mol. The molecule has 1 saturated heterocycles. The molecule has 94 valence electrons. The van der Waals surface area contributed by atoms with E-state index in [-0.39, 0.29) is 5.54 Å². The summed E-state index contributed by atoms with van der Waals surface area (Å²) in [5.74, 6) is 0.732. The number of hydrogen-bond donors (Lipinski definition) is 2. The standard InChI is InChI=1S/C15H23NO/c1-15(10-13-6-3-2-4-7-13)11-14(12-16-15)8-5-9-17/h2-4,6-7,14,16-17H,5,8-12H2,1H3. The second-order valence-electron chi connectivity index (χ2n) is 5.54. The summed E-state index contributed by atoms with van der Waals surface area (Å²) < 4.78 is 0. The fourth-order valence-electron chi connectivity index (χ4n) is 2.94. The van der Waals surface area contributed by atoms with Gasteiger partial charge in [0.1, 0.15) is 0 Å². The minimum atomic E-state index is 0.238. The molecule has 1 heterocycles. The van der Waals surface area contributed by atoms with Crippen molar-refractivity contribution in [1.29, 1.82) is 0 Å². The van der Waals surface area contributed by atoms with E-state index in [0.717, 1.165) is 31.7 Å². The van der Waals surface area contributed by atoms with Crippen molar-refractivity contribution in [3.8, 4) is 0 Å². The molecule has 0 aliphatic carbocycles. The Hall–Kier alpha value is -0.860. The molecule has 0 bridgehead atoms. The molecule has 1 aromatic carbocycles. The first-order chi connectivity index (χ1) is 8.22. The number of aliphatic hydroxyl groups excluding tert-OH is 1. The summed E-state index contributed by atoms with van der Waals surface area (Å²) >= 11 is 0. The zero-order chi connectivity index (χ0) is 12.1. The summed E-state index contributed by atoms with van der Waals surface area (Å²) in [5, 5.41) is 12.5. The Balaban J connectivity index is 1.89. The van der Waals surface area contributed by atoms with Crippen LogP contribution in [-0.2, 0) is 6.42 Å². The third-order valence-electron chi connectivity index (χ3n) is 3.76. The van der Waals surface area contributed by atoms with Gasteiger partial charge < -0.3 is 10.4 Å². The van der Waals surface area contributed by atoms with Crippen molar-refractivity contribution < 1.29 is 5.11 Å². The Morgan fingerprint density at radius 1 is 1.35 bits per heavy atom. The van der Waals surface area contributed by atoms with Crippen LogP contribution < -0.4 is 5.32 Å². The third-order valence-corrected chi connectivity index (χ3v) is 3.76. The van der Waals surface area contributed by atoms with Crippen LogP contribution in [0.4, 0.5) is 0 Å². The van der Waals surface area contributed by atoms with Crippen LogP contribution in [0.15, 0.2) is 30.3 Å². The minimum Gasteiger partial charge on any atom is -0.396 e. The molecule has 0 spiro atoms. The largest absolute Gasteiger partial charge is 0.396 e. The Kier molecular flexibility index (Phi) is 4.19. The van der Waals surface area contributed by atoms with Gasteiger partial charge in [0.05, 0.1) is 0 Å². The van der Waals surface area contributed by atoms with E-state index in [1.165, 1.54) is 12.0 Å². The van der Waals surface area contributed by atoms with Gasteiger partial charge in [-0.2, -0.15) is 0 Å². The number of benzene rings is 1. The molecule has 1 aliphatic heterocycles. The van der Waals surface area contributed by atoms with Crippen molar-refractivity contribution in [2.24, 2.45) is 5.92 Å². The van der Waals surface area contributed by atoms with Gasteiger partial charge in [0, 0.05) is 12.1 Å². The predicted octanol–water partition coefficient (Wildman–Crippen LogP) is 2.37. The predicted molar refractivity (Wildman–Crippen MR) is 71.0 cm³/mol. The van der Waals surface area contributed by atoms with Gasteiger partial charge in [0.2, 0.25) is 0 Å². The SMILES string of the molecule is CC1(Cc2ccccc2)CC(CCCO)CN1. The van der Waals surface area contributed by atoms with Crippen LogP contribution in [-0.4, -0.2) is 23.8 Å². The van der Waals surface area contributed by atoms with Gasteiger partial charge in [-0.15, -0.1) is 0 Å². The second-order valence-corrected chi connectivity index (χ2v) is 5.54. The maximum atomic E-state index is 8.87. The molecule has 2 N–H and O–H groups in total. The number of hydrogen-bond acceptors (Lipinski definition) is 2. The quantitative estimate of drug-likeness (QED) is 0.818. The second kappa shape index (κ2) is 5.65. The highest BCUT2D eigenvalue weighted by molar-refractivity contribution is 5.18. The fourth-order valence-corrected chi connectivity index (χ4v) is 2.94. The van der Waals surface area contributed by atoms with E-state index in [2.05, 4.69) is 42.6 Å². The molecule has 0 aromatic heterocycles. The van der Waals surface area contributed by atoms with Gasteiger partial charge in [0.15, 0.2) is 0 Å². The maximum Gasteiger partial charge on any atom is 0.0431 e. The number of aliphatic hydroxyl groups is 1. The summed E-state index contributed by atoms with van der Waals surface area (Å²) in [7, 11) is 0. The zero-order valence-corrected chi connectivity index (χ0v) is 10.7. The van der Waals surface area contributed by atoms with E-state index in [1.807, 2.05) is 0 Å². The zero-order valence-electron chi connectivity index (χ0n) is 10.7. The van der Waals surface area contributed by atoms with Crippen molar-refractivity contribution in [3.63, 3.8) is 0 Å².